The number of nitrogens with two attached hydrogens (primary N) is 1. The van der Waals surface area contributed by atoms with Crippen molar-refractivity contribution in [3.8, 4) is 0 Å². The van der Waals surface area contributed by atoms with Gasteiger partial charge in [-0.15, -0.1) is 0 Å². The molecule has 2 atom stereocenters. The van der Waals surface area contributed by atoms with Crippen LogP contribution in [0.5, 0.6) is 0 Å². The van der Waals surface area contributed by atoms with Gasteiger partial charge in [0.15, 0.2) is 0 Å². The number of hydrogen-bond acceptors (Lipinski definition) is 2. The fraction of sp³-hybridized carbons (Fsp3) is 0.625. The maximum Gasteiger partial charge on any atom is 0.0400 e. The number of rotatable bonds is 4. The Hall–Kier alpha value is -0.540. The van der Waals surface area contributed by atoms with Gasteiger partial charge in [-0.05, 0) is 55.4 Å². The molecule has 0 bridgehead atoms. The molecular weight excluding hydrogens is 300 g/mol. The van der Waals surface area contributed by atoms with Crippen LogP contribution in [0.3, 0.4) is 0 Å². The first-order valence-corrected chi connectivity index (χ1v) is 8.18. The number of hydrogen-bond donors (Lipinski definition) is 1. The van der Waals surface area contributed by atoms with Gasteiger partial charge in [-0.2, -0.15) is 0 Å². The summed E-state index contributed by atoms with van der Waals surface area (Å²) in [5.74, 6) is 0.796. The second kappa shape index (κ2) is 6.76. The maximum absolute atomic E-state index is 6.15. The SMILES string of the molecule is CCC(N)Cc1cc(Br)ccc1N1CCCC(C)C1. The van der Waals surface area contributed by atoms with Crippen molar-refractivity contribution >= 4 is 21.6 Å². The minimum atomic E-state index is 0.260. The summed E-state index contributed by atoms with van der Waals surface area (Å²) >= 11 is 3.58. The molecule has 2 N–H and O–H groups in total. The van der Waals surface area contributed by atoms with E-state index in [1.54, 1.807) is 0 Å². The lowest BCUT2D eigenvalue weighted by atomic mass is 9.97. The number of nitrogens with zero attached hydrogens (tertiary/aromatic N) is 1. The fourth-order valence-electron chi connectivity index (χ4n) is 2.86. The van der Waals surface area contributed by atoms with E-state index in [2.05, 4.69) is 52.9 Å². The monoisotopic (exact) mass is 324 g/mol. The molecule has 19 heavy (non-hydrogen) atoms. The van der Waals surface area contributed by atoms with Crippen LogP contribution >= 0.6 is 15.9 Å². The van der Waals surface area contributed by atoms with Crippen LogP contribution in [0.4, 0.5) is 5.69 Å². The van der Waals surface area contributed by atoms with Crippen LogP contribution in [0, 0.1) is 5.92 Å². The number of piperidine rings is 1. The van der Waals surface area contributed by atoms with Crippen molar-refractivity contribution in [3.05, 3.63) is 28.2 Å². The van der Waals surface area contributed by atoms with E-state index >= 15 is 0 Å². The van der Waals surface area contributed by atoms with E-state index in [4.69, 9.17) is 5.73 Å². The molecule has 0 spiro atoms. The van der Waals surface area contributed by atoms with Crippen molar-refractivity contribution in [2.24, 2.45) is 11.7 Å². The molecule has 2 rings (SSSR count). The molecule has 2 unspecified atom stereocenters. The number of halogens is 1. The minimum absolute atomic E-state index is 0.260. The summed E-state index contributed by atoms with van der Waals surface area (Å²) in [5, 5.41) is 0. The van der Waals surface area contributed by atoms with E-state index in [0.717, 1.165) is 23.2 Å². The Kier molecular flexibility index (Phi) is 5.28. The first-order chi connectivity index (χ1) is 9.10. The maximum atomic E-state index is 6.15. The lowest BCUT2D eigenvalue weighted by Gasteiger charge is -2.34. The fourth-order valence-corrected chi connectivity index (χ4v) is 3.27. The van der Waals surface area contributed by atoms with Gasteiger partial charge in [0.05, 0.1) is 0 Å². The van der Waals surface area contributed by atoms with E-state index < -0.39 is 0 Å². The van der Waals surface area contributed by atoms with E-state index in [-0.39, 0.29) is 6.04 Å². The van der Waals surface area contributed by atoms with Crippen LogP contribution in [0.15, 0.2) is 22.7 Å². The normalized spacial score (nSPS) is 21.5. The molecule has 0 aliphatic carbocycles. The van der Waals surface area contributed by atoms with Gasteiger partial charge in [-0.3, -0.25) is 0 Å². The Balaban J connectivity index is 2.22. The van der Waals surface area contributed by atoms with Gasteiger partial charge in [0.25, 0.3) is 0 Å². The molecule has 2 nitrogen and oxygen atoms in total. The zero-order chi connectivity index (χ0) is 13.8. The smallest absolute Gasteiger partial charge is 0.0400 e. The third-order valence-electron chi connectivity index (χ3n) is 4.05. The molecule has 1 saturated heterocycles. The number of anilines is 1. The molecule has 0 amide bonds. The summed E-state index contributed by atoms with van der Waals surface area (Å²) in [6.45, 7) is 6.87. The summed E-state index contributed by atoms with van der Waals surface area (Å²) in [5.41, 5.74) is 8.92. The standard InChI is InChI=1S/C16H25BrN2/c1-3-15(18)10-13-9-14(17)6-7-16(13)19-8-4-5-12(2)11-19/h6-7,9,12,15H,3-5,8,10-11,18H2,1-2H3. The van der Waals surface area contributed by atoms with E-state index in [0.29, 0.717) is 0 Å². The molecule has 3 heteroatoms. The number of benzene rings is 1. The molecule has 1 aliphatic rings. The summed E-state index contributed by atoms with van der Waals surface area (Å²) in [6, 6.07) is 6.90. The van der Waals surface area contributed by atoms with Crippen LogP contribution in [-0.4, -0.2) is 19.1 Å². The predicted octanol–water partition coefficient (Wildman–Crippen LogP) is 3.97. The van der Waals surface area contributed by atoms with Gasteiger partial charge in [-0.1, -0.05) is 29.8 Å². The van der Waals surface area contributed by atoms with Crippen molar-refractivity contribution in [2.45, 2.75) is 45.6 Å². The van der Waals surface area contributed by atoms with Crippen LogP contribution in [0.25, 0.3) is 0 Å². The molecule has 1 aliphatic heterocycles. The average Bonchev–Trinajstić information content (AvgIpc) is 2.38. The third kappa shape index (κ3) is 3.96. The highest BCUT2D eigenvalue weighted by atomic mass is 79.9. The molecule has 1 heterocycles. The summed E-state index contributed by atoms with van der Waals surface area (Å²) in [6.07, 6.45) is 4.66. The molecular formula is C16H25BrN2. The topological polar surface area (TPSA) is 29.3 Å². The first-order valence-electron chi connectivity index (χ1n) is 7.39. The van der Waals surface area contributed by atoms with Gasteiger partial charge in [-0.25, -0.2) is 0 Å². The van der Waals surface area contributed by atoms with E-state index in [9.17, 15) is 0 Å². The Morgan fingerprint density at radius 1 is 1.47 bits per heavy atom. The second-order valence-corrected chi connectivity index (χ2v) is 6.75. The zero-order valence-corrected chi connectivity index (χ0v) is 13.6. The van der Waals surface area contributed by atoms with Gasteiger partial charge in [0.2, 0.25) is 0 Å². The van der Waals surface area contributed by atoms with Crippen molar-refractivity contribution in [3.63, 3.8) is 0 Å². The first kappa shape index (κ1) is 14.9. The predicted molar refractivity (Wildman–Crippen MR) is 86.7 cm³/mol. The molecule has 0 radical (unpaired) electrons. The van der Waals surface area contributed by atoms with Crippen LogP contribution in [0.2, 0.25) is 0 Å². The highest BCUT2D eigenvalue weighted by Gasteiger charge is 2.19. The van der Waals surface area contributed by atoms with E-state index in [1.165, 1.54) is 37.2 Å². The highest BCUT2D eigenvalue weighted by Crippen LogP contribution is 2.29. The van der Waals surface area contributed by atoms with Gasteiger partial charge in [0, 0.05) is 29.3 Å². The quantitative estimate of drug-likeness (QED) is 0.908. The van der Waals surface area contributed by atoms with Gasteiger partial charge < -0.3 is 10.6 Å². The van der Waals surface area contributed by atoms with Gasteiger partial charge >= 0.3 is 0 Å². The third-order valence-corrected chi connectivity index (χ3v) is 4.54. The molecule has 0 saturated carbocycles. The van der Waals surface area contributed by atoms with Crippen LogP contribution in [-0.2, 0) is 6.42 Å². The summed E-state index contributed by atoms with van der Waals surface area (Å²) < 4.78 is 1.15. The lowest BCUT2D eigenvalue weighted by Crippen LogP contribution is -2.35. The van der Waals surface area contributed by atoms with Crippen LogP contribution < -0.4 is 10.6 Å². The van der Waals surface area contributed by atoms with Gasteiger partial charge in [0.1, 0.15) is 0 Å². The van der Waals surface area contributed by atoms with E-state index in [1.807, 2.05) is 0 Å². The second-order valence-electron chi connectivity index (χ2n) is 5.84. The lowest BCUT2D eigenvalue weighted by molar-refractivity contribution is 0.446. The molecule has 1 aromatic rings. The largest absolute Gasteiger partial charge is 0.371 e. The molecule has 1 fully saturated rings. The summed E-state index contributed by atoms with van der Waals surface area (Å²) in [4.78, 5) is 2.54. The van der Waals surface area contributed by atoms with Crippen molar-refractivity contribution in [1.82, 2.24) is 0 Å². The van der Waals surface area contributed by atoms with Crippen molar-refractivity contribution < 1.29 is 0 Å². The Bertz CT molecular complexity index is 419. The highest BCUT2D eigenvalue weighted by molar-refractivity contribution is 9.10. The molecule has 0 aromatic heterocycles. The van der Waals surface area contributed by atoms with Crippen LogP contribution in [0.1, 0.15) is 38.7 Å². The Morgan fingerprint density at radius 2 is 2.26 bits per heavy atom. The average molecular weight is 325 g/mol. The molecule has 1 aromatic carbocycles. The molecule has 106 valence electrons. The van der Waals surface area contributed by atoms with Crippen molar-refractivity contribution in [1.29, 1.82) is 0 Å². The summed E-state index contributed by atoms with van der Waals surface area (Å²) in [7, 11) is 0. The Morgan fingerprint density at radius 3 is 2.95 bits per heavy atom. The Labute approximate surface area is 125 Å². The minimum Gasteiger partial charge on any atom is -0.371 e. The van der Waals surface area contributed by atoms with Crippen molar-refractivity contribution in [2.75, 3.05) is 18.0 Å². The zero-order valence-electron chi connectivity index (χ0n) is 12.0.